The number of nitrogens with zero attached hydrogens (tertiary/aromatic N) is 1. The Morgan fingerprint density at radius 2 is 2.18 bits per heavy atom. The fourth-order valence-corrected chi connectivity index (χ4v) is 2.30. The second kappa shape index (κ2) is 5.52. The molecule has 0 bridgehead atoms. The Balaban J connectivity index is 2.25. The summed E-state index contributed by atoms with van der Waals surface area (Å²) in [6.45, 7) is 1.91. The SMILES string of the molecule is Cc1ncccc1Oc1ccc(CCl)c(Br)c1. The Morgan fingerprint density at radius 3 is 2.82 bits per heavy atom. The van der Waals surface area contributed by atoms with Gasteiger partial charge in [-0.25, -0.2) is 0 Å². The molecular formula is C13H11BrClNO. The van der Waals surface area contributed by atoms with Crippen molar-refractivity contribution in [2.45, 2.75) is 12.8 Å². The van der Waals surface area contributed by atoms with Crippen LogP contribution in [0, 0.1) is 6.92 Å². The van der Waals surface area contributed by atoms with Crippen LogP contribution in [0.3, 0.4) is 0 Å². The summed E-state index contributed by atoms with van der Waals surface area (Å²) in [5, 5.41) is 0. The molecular weight excluding hydrogens is 302 g/mol. The van der Waals surface area contributed by atoms with Crippen molar-refractivity contribution in [2.24, 2.45) is 0 Å². The summed E-state index contributed by atoms with van der Waals surface area (Å²) in [7, 11) is 0. The lowest BCUT2D eigenvalue weighted by Crippen LogP contribution is -1.90. The largest absolute Gasteiger partial charge is 0.455 e. The quantitative estimate of drug-likeness (QED) is 0.767. The molecule has 0 aliphatic rings. The lowest BCUT2D eigenvalue weighted by atomic mass is 10.2. The van der Waals surface area contributed by atoms with Crippen LogP contribution in [0.25, 0.3) is 0 Å². The van der Waals surface area contributed by atoms with Crippen LogP contribution in [0.1, 0.15) is 11.3 Å². The Kier molecular flexibility index (Phi) is 4.02. The van der Waals surface area contributed by atoms with Gasteiger partial charge in [-0.05, 0) is 36.8 Å². The van der Waals surface area contributed by atoms with Gasteiger partial charge in [-0.2, -0.15) is 0 Å². The van der Waals surface area contributed by atoms with Gasteiger partial charge in [-0.3, -0.25) is 4.98 Å². The maximum atomic E-state index is 5.79. The van der Waals surface area contributed by atoms with E-state index in [9.17, 15) is 0 Å². The average molecular weight is 313 g/mol. The van der Waals surface area contributed by atoms with Crippen LogP contribution >= 0.6 is 27.5 Å². The number of aromatic nitrogens is 1. The number of aryl methyl sites for hydroxylation is 1. The maximum absolute atomic E-state index is 5.79. The molecule has 1 aromatic heterocycles. The molecule has 2 rings (SSSR count). The highest BCUT2D eigenvalue weighted by Crippen LogP contribution is 2.28. The van der Waals surface area contributed by atoms with Crippen LogP contribution in [0.4, 0.5) is 0 Å². The molecule has 0 aliphatic heterocycles. The average Bonchev–Trinajstić information content (AvgIpc) is 2.32. The molecule has 1 heterocycles. The van der Waals surface area contributed by atoms with Crippen molar-refractivity contribution in [1.82, 2.24) is 4.98 Å². The van der Waals surface area contributed by atoms with Gasteiger partial charge in [-0.15, -0.1) is 11.6 Å². The molecule has 88 valence electrons. The van der Waals surface area contributed by atoms with Gasteiger partial charge in [0.15, 0.2) is 0 Å². The van der Waals surface area contributed by atoms with E-state index < -0.39 is 0 Å². The summed E-state index contributed by atoms with van der Waals surface area (Å²) in [6, 6.07) is 9.49. The first-order valence-electron chi connectivity index (χ1n) is 5.14. The Hall–Kier alpha value is -1.06. The number of rotatable bonds is 3. The molecule has 0 N–H and O–H groups in total. The molecule has 0 unspecified atom stereocenters. The highest BCUT2D eigenvalue weighted by molar-refractivity contribution is 9.10. The zero-order chi connectivity index (χ0) is 12.3. The van der Waals surface area contributed by atoms with Crippen molar-refractivity contribution in [3.05, 3.63) is 52.3 Å². The summed E-state index contributed by atoms with van der Waals surface area (Å²) >= 11 is 9.25. The zero-order valence-corrected chi connectivity index (χ0v) is 11.6. The van der Waals surface area contributed by atoms with Crippen LogP contribution in [0.2, 0.25) is 0 Å². The van der Waals surface area contributed by atoms with Gasteiger partial charge < -0.3 is 4.74 Å². The van der Waals surface area contributed by atoms with Crippen molar-refractivity contribution in [3.63, 3.8) is 0 Å². The minimum Gasteiger partial charge on any atom is -0.455 e. The number of halogens is 2. The Bertz CT molecular complexity index is 531. The maximum Gasteiger partial charge on any atom is 0.148 e. The molecule has 2 aromatic rings. The zero-order valence-electron chi connectivity index (χ0n) is 9.28. The molecule has 0 amide bonds. The second-order valence-corrected chi connectivity index (χ2v) is 4.70. The first kappa shape index (κ1) is 12.4. The third-order valence-electron chi connectivity index (χ3n) is 2.35. The van der Waals surface area contributed by atoms with Crippen LogP contribution in [-0.4, -0.2) is 4.98 Å². The van der Waals surface area contributed by atoms with E-state index in [1.807, 2.05) is 37.3 Å². The van der Waals surface area contributed by atoms with E-state index in [0.29, 0.717) is 5.88 Å². The van der Waals surface area contributed by atoms with E-state index in [1.165, 1.54) is 0 Å². The first-order valence-corrected chi connectivity index (χ1v) is 6.47. The van der Waals surface area contributed by atoms with E-state index in [0.717, 1.165) is 27.2 Å². The normalized spacial score (nSPS) is 10.3. The van der Waals surface area contributed by atoms with Gasteiger partial charge in [0, 0.05) is 16.5 Å². The van der Waals surface area contributed by atoms with Gasteiger partial charge in [0.25, 0.3) is 0 Å². The summed E-state index contributed by atoms with van der Waals surface area (Å²) in [5.41, 5.74) is 1.91. The van der Waals surface area contributed by atoms with Crippen LogP contribution in [0.15, 0.2) is 41.0 Å². The van der Waals surface area contributed by atoms with E-state index in [2.05, 4.69) is 20.9 Å². The number of pyridine rings is 1. The molecule has 0 aliphatic carbocycles. The lowest BCUT2D eigenvalue weighted by molar-refractivity contribution is 0.475. The van der Waals surface area contributed by atoms with Gasteiger partial charge >= 0.3 is 0 Å². The van der Waals surface area contributed by atoms with Crippen molar-refractivity contribution < 1.29 is 4.74 Å². The van der Waals surface area contributed by atoms with E-state index in [4.69, 9.17) is 16.3 Å². The molecule has 4 heteroatoms. The minimum atomic E-state index is 0.479. The molecule has 0 saturated heterocycles. The molecule has 0 saturated carbocycles. The molecule has 1 aromatic carbocycles. The fraction of sp³-hybridized carbons (Fsp3) is 0.154. The highest BCUT2D eigenvalue weighted by atomic mass is 79.9. The molecule has 0 spiro atoms. The number of hydrogen-bond acceptors (Lipinski definition) is 2. The predicted molar refractivity (Wildman–Crippen MR) is 72.7 cm³/mol. The molecule has 0 radical (unpaired) electrons. The minimum absolute atomic E-state index is 0.479. The molecule has 2 nitrogen and oxygen atoms in total. The smallest absolute Gasteiger partial charge is 0.148 e. The van der Waals surface area contributed by atoms with Gasteiger partial charge in [-0.1, -0.05) is 22.0 Å². The predicted octanol–water partition coefficient (Wildman–Crippen LogP) is 4.68. The van der Waals surface area contributed by atoms with E-state index in [1.54, 1.807) is 6.20 Å². The Morgan fingerprint density at radius 1 is 1.35 bits per heavy atom. The lowest BCUT2D eigenvalue weighted by Gasteiger charge is -2.09. The third kappa shape index (κ3) is 2.99. The van der Waals surface area contributed by atoms with Crippen LogP contribution < -0.4 is 4.74 Å². The van der Waals surface area contributed by atoms with Crippen molar-refractivity contribution in [1.29, 1.82) is 0 Å². The second-order valence-electron chi connectivity index (χ2n) is 3.58. The summed E-state index contributed by atoms with van der Waals surface area (Å²) in [4.78, 5) is 4.17. The summed E-state index contributed by atoms with van der Waals surface area (Å²) < 4.78 is 6.70. The van der Waals surface area contributed by atoms with Gasteiger partial charge in [0.2, 0.25) is 0 Å². The molecule has 17 heavy (non-hydrogen) atoms. The van der Waals surface area contributed by atoms with Crippen molar-refractivity contribution in [2.75, 3.05) is 0 Å². The molecule has 0 atom stereocenters. The first-order chi connectivity index (χ1) is 8.20. The van der Waals surface area contributed by atoms with Crippen molar-refractivity contribution >= 4 is 27.5 Å². The Labute approximate surface area is 114 Å². The van der Waals surface area contributed by atoms with Gasteiger partial charge in [0.1, 0.15) is 11.5 Å². The van der Waals surface area contributed by atoms with Gasteiger partial charge in [0.05, 0.1) is 5.69 Å². The van der Waals surface area contributed by atoms with Crippen LogP contribution in [-0.2, 0) is 5.88 Å². The van der Waals surface area contributed by atoms with Crippen molar-refractivity contribution in [3.8, 4) is 11.5 Å². The number of ether oxygens (including phenoxy) is 1. The number of hydrogen-bond donors (Lipinski definition) is 0. The number of alkyl halides is 1. The highest BCUT2D eigenvalue weighted by Gasteiger charge is 2.04. The summed E-state index contributed by atoms with van der Waals surface area (Å²) in [5.74, 6) is 2.01. The summed E-state index contributed by atoms with van der Waals surface area (Å²) in [6.07, 6.45) is 1.74. The van der Waals surface area contributed by atoms with Crippen LogP contribution in [0.5, 0.6) is 11.5 Å². The monoisotopic (exact) mass is 311 g/mol. The topological polar surface area (TPSA) is 22.1 Å². The fourth-order valence-electron chi connectivity index (χ4n) is 1.40. The number of benzene rings is 1. The van der Waals surface area contributed by atoms with E-state index >= 15 is 0 Å². The van der Waals surface area contributed by atoms with E-state index in [-0.39, 0.29) is 0 Å². The standard InChI is InChI=1S/C13H11BrClNO/c1-9-13(3-2-6-16-9)17-11-5-4-10(8-15)12(14)7-11/h2-7H,8H2,1H3. The third-order valence-corrected chi connectivity index (χ3v) is 3.38. The molecule has 0 fully saturated rings.